The second-order valence-electron chi connectivity index (χ2n) is 3.84. The molecule has 0 aliphatic carbocycles. The van der Waals surface area contributed by atoms with Gasteiger partial charge in [0, 0.05) is 0 Å². The Morgan fingerprint density at radius 1 is 1.22 bits per heavy atom. The van der Waals surface area contributed by atoms with E-state index in [1.54, 1.807) is 6.20 Å². The number of nitrogens with zero attached hydrogens (tertiary/aromatic N) is 3. The zero-order chi connectivity index (χ0) is 12.5. The van der Waals surface area contributed by atoms with Gasteiger partial charge in [0.15, 0.2) is 5.16 Å². The van der Waals surface area contributed by atoms with Gasteiger partial charge in [0.25, 0.3) is 0 Å². The van der Waals surface area contributed by atoms with Crippen molar-refractivity contribution in [3.63, 3.8) is 0 Å². The highest BCUT2D eigenvalue weighted by Gasteiger charge is 2.06. The van der Waals surface area contributed by atoms with Gasteiger partial charge in [-0.2, -0.15) is 0 Å². The summed E-state index contributed by atoms with van der Waals surface area (Å²) in [5, 5.41) is 1.89. The molecular weight excluding hydrogens is 268 g/mol. The lowest BCUT2D eigenvalue weighted by Crippen LogP contribution is -1.83. The maximum atomic E-state index is 5.79. The van der Waals surface area contributed by atoms with E-state index in [0.29, 0.717) is 5.15 Å². The van der Waals surface area contributed by atoms with E-state index in [2.05, 4.69) is 32.9 Å². The van der Waals surface area contributed by atoms with E-state index in [4.69, 9.17) is 11.6 Å². The number of H-pyrrole nitrogens is 1. The first kappa shape index (κ1) is 11.5. The molecule has 3 rings (SSSR count). The van der Waals surface area contributed by atoms with Crippen LogP contribution in [0.2, 0.25) is 5.15 Å². The van der Waals surface area contributed by atoms with E-state index in [9.17, 15) is 0 Å². The molecule has 0 aliphatic heterocycles. The molecule has 18 heavy (non-hydrogen) atoms. The van der Waals surface area contributed by atoms with Crippen LogP contribution < -0.4 is 0 Å². The highest BCUT2D eigenvalue weighted by molar-refractivity contribution is 7.99. The summed E-state index contributed by atoms with van der Waals surface area (Å²) in [4.78, 5) is 15.9. The first-order chi connectivity index (χ1) is 8.70. The third kappa shape index (κ3) is 2.32. The van der Waals surface area contributed by atoms with Crippen LogP contribution in [0.4, 0.5) is 0 Å². The van der Waals surface area contributed by atoms with E-state index < -0.39 is 0 Å². The monoisotopic (exact) mass is 276 g/mol. The quantitative estimate of drug-likeness (QED) is 0.779. The van der Waals surface area contributed by atoms with Crippen LogP contribution in [0.3, 0.4) is 0 Å². The number of imidazole rings is 1. The number of hydrogen-bond donors (Lipinski definition) is 1. The second-order valence-corrected chi connectivity index (χ2v) is 5.24. The van der Waals surface area contributed by atoms with Crippen molar-refractivity contribution in [2.24, 2.45) is 0 Å². The molecule has 0 atom stereocenters. The molecule has 1 aromatic carbocycles. The second kappa shape index (κ2) is 4.59. The van der Waals surface area contributed by atoms with Crippen LogP contribution in [0.15, 0.2) is 40.8 Å². The van der Waals surface area contributed by atoms with Gasteiger partial charge < -0.3 is 4.98 Å². The Balaban J connectivity index is 1.95. The molecule has 90 valence electrons. The highest BCUT2D eigenvalue weighted by Crippen LogP contribution is 2.26. The van der Waals surface area contributed by atoms with Crippen molar-refractivity contribution in [3.8, 4) is 0 Å². The number of hydrogen-bond acceptors (Lipinski definition) is 4. The van der Waals surface area contributed by atoms with E-state index in [1.807, 2.05) is 12.1 Å². The van der Waals surface area contributed by atoms with E-state index >= 15 is 0 Å². The molecule has 2 heterocycles. The Bertz CT molecular complexity index is 710. The molecule has 0 fully saturated rings. The highest BCUT2D eigenvalue weighted by atomic mass is 35.5. The van der Waals surface area contributed by atoms with Crippen molar-refractivity contribution in [1.29, 1.82) is 0 Å². The predicted molar refractivity (Wildman–Crippen MR) is 72.0 cm³/mol. The van der Waals surface area contributed by atoms with Crippen molar-refractivity contribution in [2.75, 3.05) is 0 Å². The number of nitrogens with one attached hydrogen (secondary N) is 1. The summed E-state index contributed by atoms with van der Waals surface area (Å²) in [5.74, 6) is 0. The minimum absolute atomic E-state index is 0.381. The first-order valence-corrected chi connectivity index (χ1v) is 6.52. The fourth-order valence-corrected chi connectivity index (χ4v) is 2.58. The molecular formula is C12H9ClN4S. The van der Waals surface area contributed by atoms with Gasteiger partial charge in [-0.1, -0.05) is 17.7 Å². The molecule has 1 N–H and O–H groups in total. The Morgan fingerprint density at radius 2 is 2.11 bits per heavy atom. The minimum atomic E-state index is 0.381. The van der Waals surface area contributed by atoms with Gasteiger partial charge in [0.1, 0.15) is 10.2 Å². The largest absolute Gasteiger partial charge is 0.333 e. The summed E-state index contributed by atoms with van der Waals surface area (Å²) in [7, 11) is 0. The zero-order valence-corrected chi connectivity index (χ0v) is 11.1. The maximum absolute atomic E-state index is 5.79. The van der Waals surface area contributed by atoms with Gasteiger partial charge in [-0.15, -0.1) is 0 Å². The molecule has 0 aliphatic rings. The lowest BCUT2D eigenvalue weighted by atomic mass is 10.2. The van der Waals surface area contributed by atoms with Crippen LogP contribution in [-0.2, 0) is 0 Å². The van der Waals surface area contributed by atoms with Crippen LogP contribution in [0.5, 0.6) is 0 Å². The van der Waals surface area contributed by atoms with E-state index in [1.165, 1.54) is 23.5 Å². The number of rotatable bonds is 2. The summed E-state index contributed by atoms with van der Waals surface area (Å²) in [6.07, 6.45) is 3.17. The summed E-state index contributed by atoms with van der Waals surface area (Å²) in [5.41, 5.74) is 3.16. The van der Waals surface area contributed by atoms with Crippen LogP contribution in [0.1, 0.15) is 5.56 Å². The van der Waals surface area contributed by atoms with Gasteiger partial charge in [-0.25, -0.2) is 9.97 Å². The van der Waals surface area contributed by atoms with Crippen molar-refractivity contribution in [3.05, 3.63) is 41.3 Å². The summed E-state index contributed by atoms with van der Waals surface area (Å²) >= 11 is 7.20. The van der Waals surface area contributed by atoms with Crippen LogP contribution in [-0.4, -0.2) is 19.9 Å². The summed E-state index contributed by atoms with van der Waals surface area (Å²) in [6.45, 7) is 2.05. The summed E-state index contributed by atoms with van der Waals surface area (Å²) in [6, 6.07) is 6.10. The van der Waals surface area contributed by atoms with Gasteiger partial charge in [0.05, 0.1) is 23.4 Å². The minimum Gasteiger partial charge on any atom is -0.333 e. The van der Waals surface area contributed by atoms with Gasteiger partial charge in [0.2, 0.25) is 0 Å². The number of fused-ring (bicyclic) bond motifs is 1. The van der Waals surface area contributed by atoms with Crippen molar-refractivity contribution in [1.82, 2.24) is 19.9 Å². The number of aromatic amines is 1. The van der Waals surface area contributed by atoms with Crippen molar-refractivity contribution < 1.29 is 0 Å². The molecule has 0 saturated heterocycles. The first-order valence-electron chi connectivity index (χ1n) is 5.32. The molecule has 0 spiro atoms. The van der Waals surface area contributed by atoms with E-state index in [-0.39, 0.29) is 0 Å². The fraction of sp³-hybridized carbons (Fsp3) is 0.0833. The van der Waals surface area contributed by atoms with Gasteiger partial charge in [-0.05, 0) is 36.4 Å². The van der Waals surface area contributed by atoms with Gasteiger partial charge in [-0.3, -0.25) is 4.98 Å². The Labute approximate surface area is 113 Å². The molecule has 0 saturated carbocycles. The Morgan fingerprint density at radius 3 is 2.94 bits per heavy atom. The topological polar surface area (TPSA) is 54.5 Å². The van der Waals surface area contributed by atoms with E-state index in [0.717, 1.165) is 21.2 Å². The normalized spacial score (nSPS) is 11.0. The predicted octanol–water partition coefficient (Wildman–Crippen LogP) is 3.47. The molecule has 3 aromatic rings. The van der Waals surface area contributed by atoms with Crippen LogP contribution in [0, 0.1) is 6.92 Å². The molecule has 0 amide bonds. The fourth-order valence-electron chi connectivity index (χ4n) is 1.62. The van der Waals surface area contributed by atoms with Gasteiger partial charge >= 0.3 is 0 Å². The molecule has 0 radical (unpaired) electrons. The number of aromatic nitrogens is 4. The smallest absolute Gasteiger partial charge is 0.172 e. The Kier molecular flexibility index (Phi) is 2.93. The van der Waals surface area contributed by atoms with Crippen LogP contribution >= 0.6 is 23.4 Å². The number of benzene rings is 1. The molecule has 2 aromatic heterocycles. The third-order valence-corrected chi connectivity index (χ3v) is 3.37. The summed E-state index contributed by atoms with van der Waals surface area (Å²) < 4.78 is 0. The van der Waals surface area contributed by atoms with Crippen molar-refractivity contribution in [2.45, 2.75) is 17.1 Å². The third-order valence-electron chi connectivity index (χ3n) is 2.40. The molecule has 0 bridgehead atoms. The number of halogens is 1. The Hall–Kier alpha value is -1.59. The maximum Gasteiger partial charge on any atom is 0.172 e. The zero-order valence-electron chi connectivity index (χ0n) is 9.51. The average Bonchev–Trinajstić information content (AvgIpc) is 2.70. The number of aryl methyl sites for hydroxylation is 1. The SMILES string of the molecule is Cc1ccc2nc(Sc3cncc(Cl)n3)[nH]c2c1. The molecule has 0 unspecified atom stereocenters. The lowest BCUT2D eigenvalue weighted by molar-refractivity contribution is 1.03. The molecule has 4 nitrogen and oxygen atoms in total. The standard InChI is InChI=1S/C12H9ClN4S/c1-7-2-3-8-9(4-7)16-12(15-8)18-11-6-14-5-10(13)17-11/h2-6H,1H3,(H,15,16). The van der Waals surface area contributed by atoms with Crippen molar-refractivity contribution >= 4 is 34.4 Å². The lowest BCUT2D eigenvalue weighted by Gasteiger charge is -1.95. The molecule has 6 heteroatoms. The average molecular weight is 277 g/mol. The van der Waals surface area contributed by atoms with Crippen LogP contribution in [0.25, 0.3) is 11.0 Å².